The van der Waals surface area contributed by atoms with E-state index < -0.39 is 0 Å². The van der Waals surface area contributed by atoms with Gasteiger partial charge in [0, 0.05) is 12.1 Å². The molecule has 1 heterocycles. The molecular weight excluding hydrogens is 100 g/mol. The van der Waals surface area contributed by atoms with Crippen molar-refractivity contribution in [2.75, 3.05) is 6.54 Å². The lowest BCUT2D eigenvalue weighted by atomic mass is 10.2. The highest BCUT2D eigenvalue weighted by atomic mass is 15.0. The van der Waals surface area contributed by atoms with E-state index in [-0.39, 0.29) is 0 Å². The first kappa shape index (κ1) is 4.24. The van der Waals surface area contributed by atoms with Gasteiger partial charge in [-0.15, -0.1) is 0 Å². The lowest BCUT2D eigenvalue weighted by Gasteiger charge is -1.96. The molecule has 0 saturated heterocycles. The van der Waals surface area contributed by atoms with Gasteiger partial charge >= 0.3 is 0 Å². The van der Waals surface area contributed by atoms with Crippen molar-refractivity contribution >= 4 is 12.0 Å². The first-order chi connectivity index (χ1) is 4.20. The van der Waals surface area contributed by atoms with E-state index in [0.29, 0.717) is 18.7 Å². The summed E-state index contributed by atoms with van der Waals surface area (Å²) in [6.45, 7) is 4.54. The Morgan fingerprint density at radius 1 is 1.88 bits per heavy atom. The quantitative estimate of drug-likeness (QED) is 0.484. The average molecular weight is 111 g/mol. The van der Waals surface area contributed by atoms with Gasteiger partial charge in [-0.2, -0.15) is 0 Å². The predicted octanol–water partition coefficient (Wildman–Crippen LogP) is 1.13. The molecule has 0 aromatic carbocycles. The predicted molar refractivity (Wildman–Crippen MR) is 35.6 cm³/mol. The third-order valence-corrected chi connectivity index (χ3v) is 1.02. The van der Waals surface area contributed by atoms with Crippen LogP contribution in [0, 0.1) is 5.92 Å². The molecular formula is C6H10N2. The van der Waals surface area contributed by atoms with E-state index in [1.54, 1.807) is 0 Å². The molecule has 0 amide bonds. The Kier molecular flexibility index (Phi) is 1.10. The zero-order valence-electron chi connectivity index (χ0n) is 6.18. The van der Waals surface area contributed by atoms with Gasteiger partial charge in [0.15, 0.2) is 0 Å². The van der Waals surface area contributed by atoms with Crippen LogP contribution in [0.15, 0.2) is 9.98 Å². The molecule has 1 rings (SSSR count). The van der Waals surface area contributed by atoms with Gasteiger partial charge in [0.1, 0.15) is 5.84 Å². The van der Waals surface area contributed by atoms with Gasteiger partial charge in [-0.1, -0.05) is 13.8 Å². The highest BCUT2D eigenvalue weighted by Gasteiger charge is 2.03. The highest BCUT2D eigenvalue weighted by Crippen LogP contribution is 2.00. The normalized spacial score (nSPS) is 20.6. The molecule has 0 atom stereocenters. The molecule has 0 radical (unpaired) electrons. The fourth-order valence-corrected chi connectivity index (χ4v) is 0.580. The lowest BCUT2D eigenvalue weighted by molar-refractivity contribution is 0.874. The maximum absolute atomic E-state index is 7.09. The second-order valence-corrected chi connectivity index (χ2v) is 2.10. The highest BCUT2D eigenvalue weighted by molar-refractivity contribution is 5.95. The molecule has 2 nitrogen and oxygen atoms in total. The molecule has 1 aliphatic heterocycles. The van der Waals surface area contributed by atoms with Crippen molar-refractivity contribution in [2.45, 2.75) is 13.8 Å². The fourth-order valence-electron chi connectivity index (χ4n) is 0.580. The SMILES string of the molecule is [2H]C1=NC(C(C)C)=NC1. The summed E-state index contributed by atoms with van der Waals surface area (Å²) in [6.07, 6.45) is 0.388. The van der Waals surface area contributed by atoms with Crippen molar-refractivity contribution in [3.8, 4) is 0 Å². The Bertz CT molecular complexity index is 170. The van der Waals surface area contributed by atoms with Gasteiger partial charge in [-0.3, -0.25) is 4.99 Å². The smallest absolute Gasteiger partial charge is 0.125 e. The van der Waals surface area contributed by atoms with E-state index in [4.69, 9.17) is 1.37 Å². The molecule has 0 spiro atoms. The van der Waals surface area contributed by atoms with Crippen molar-refractivity contribution in [3.63, 3.8) is 0 Å². The van der Waals surface area contributed by atoms with Crippen molar-refractivity contribution in [3.05, 3.63) is 0 Å². The Morgan fingerprint density at radius 3 is 2.88 bits per heavy atom. The van der Waals surface area contributed by atoms with E-state index >= 15 is 0 Å². The molecule has 0 aromatic rings. The molecule has 0 aromatic heterocycles. The number of hydrogen-bond donors (Lipinski definition) is 0. The molecule has 44 valence electrons. The third kappa shape index (κ3) is 0.941. The maximum Gasteiger partial charge on any atom is 0.125 e. The minimum Gasteiger partial charge on any atom is -0.265 e. The second kappa shape index (κ2) is 2.07. The number of aliphatic imine (C=N–C) groups is 2. The Labute approximate surface area is 50.8 Å². The number of hydrogen-bond acceptors (Lipinski definition) is 2. The molecule has 0 unspecified atom stereocenters. The van der Waals surface area contributed by atoms with E-state index in [9.17, 15) is 0 Å². The standard InChI is InChI=1S/C6H10N2/c1-5(2)6-7-3-4-8-6/h3,5H,4H2,1-2H3/i3D. The number of nitrogens with zero attached hydrogens (tertiary/aromatic N) is 2. The summed E-state index contributed by atoms with van der Waals surface area (Å²) in [4.78, 5) is 7.96. The fraction of sp³-hybridized carbons (Fsp3) is 0.667. The van der Waals surface area contributed by atoms with Crippen LogP contribution in [0.4, 0.5) is 0 Å². The summed E-state index contributed by atoms with van der Waals surface area (Å²) in [5, 5.41) is 0. The second-order valence-electron chi connectivity index (χ2n) is 2.10. The van der Waals surface area contributed by atoms with Gasteiger partial charge in [0.2, 0.25) is 0 Å². The lowest BCUT2D eigenvalue weighted by Crippen LogP contribution is -2.00. The summed E-state index contributed by atoms with van der Waals surface area (Å²) in [5.41, 5.74) is 0. The van der Waals surface area contributed by atoms with Crippen molar-refractivity contribution in [1.82, 2.24) is 0 Å². The van der Waals surface area contributed by atoms with Crippen LogP contribution in [0.5, 0.6) is 0 Å². The van der Waals surface area contributed by atoms with Gasteiger partial charge in [-0.05, 0) is 0 Å². The monoisotopic (exact) mass is 111 g/mol. The Balaban J connectivity index is 2.64. The van der Waals surface area contributed by atoms with Crippen LogP contribution in [-0.2, 0) is 0 Å². The first-order valence-corrected chi connectivity index (χ1v) is 2.78. The minimum atomic E-state index is 0.368. The molecule has 0 N–H and O–H groups in total. The molecule has 0 saturated carbocycles. The van der Waals surface area contributed by atoms with Crippen LogP contribution in [0.3, 0.4) is 0 Å². The number of amidine groups is 1. The van der Waals surface area contributed by atoms with Crippen molar-refractivity contribution < 1.29 is 1.37 Å². The number of rotatable bonds is 1. The maximum atomic E-state index is 7.09. The van der Waals surface area contributed by atoms with E-state index in [2.05, 4.69) is 9.98 Å². The van der Waals surface area contributed by atoms with Crippen LogP contribution in [0.2, 0.25) is 0 Å². The van der Waals surface area contributed by atoms with Crippen LogP contribution < -0.4 is 0 Å². The third-order valence-electron chi connectivity index (χ3n) is 1.02. The average Bonchev–Trinajstić information content (AvgIpc) is 2.14. The minimum absolute atomic E-state index is 0.368. The largest absolute Gasteiger partial charge is 0.265 e. The molecule has 1 aliphatic rings. The van der Waals surface area contributed by atoms with Gasteiger partial charge < -0.3 is 0 Å². The first-order valence-electron chi connectivity index (χ1n) is 3.28. The van der Waals surface area contributed by atoms with E-state index in [0.717, 1.165) is 5.84 Å². The molecule has 2 heteroatoms. The molecule has 8 heavy (non-hydrogen) atoms. The Hall–Kier alpha value is -0.660. The van der Waals surface area contributed by atoms with E-state index in [1.165, 1.54) is 0 Å². The van der Waals surface area contributed by atoms with Crippen molar-refractivity contribution in [2.24, 2.45) is 15.9 Å². The topological polar surface area (TPSA) is 24.7 Å². The van der Waals surface area contributed by atoms with Crippen molar-refractivity contribution in [1.29, 1.82) is 0 Å². The summed E-state index contributed by atoms with van der Waals surface area (Å²) in [6, 6.07) is 0. The molecule has 0 fully saturated rings. The van der Waals surface area contributed by atoms with Crippen LogP contribution in [0.1, 0.15) is 15.2 Å². The Morgan fingerprint density at radius 2 is 2.62 bits per heavy atom. The summed E-state index contributed by atoms with van der Waals surface area (Å²) < 4.78 is 7.09. The van der Waals surface area contributed by atoms with Gasteiger partial charge in [-0.25, -0.2) is 4.99 Å². The van der Waals surface area contributed by atoms with Crippen LogP contribution in [-0.4, -0.2) is 18.6 Å². The van der Waals surface area contributed by atoms with E-state index in [1.807, 2.05) is 13.8 Å². The zero-order valence-corrected chi connectivity index (χ0v) is 5.18. The molecule has 0 aliphatic carbocycles. The van der Waals surface area contributed by atoms with Crippen LogP contribution >= 0.6 is 0 Å². The summed E-state index contributed by atoms with van der Waals surface area (Å²) in [7, 11) is 0. The summed E-state index contributed by atoms with van der Waals surface area (Å²) in [5.74, 6) is 1.19. The zero-order chi connectivity index (χ0) is 6.85. The van der Waals surface area contributed by atoms with Gasteiger partial charge in [0.25, 0.3) is 0 Å². The van der Waals surface area contributed by atoms with Gasteiger partial charge in [0.05, 0.1) is 7.92 Å². The van der Waals surface area contributed by atoms with Crippen LogP contribution in [0.25, 0.3) is 0 Å². The molecule has 0 bridgehead atoms. The summed E-state index contributed by atoms with van der Waals surface area (Å²) >= 11 is 0.